The molecule has 0 bridgehead atoms. The van der Waals surface area contributed by atoms with Crippen LogP contribution in [0.25, 0.3) is 0 Å². The fourth-order valence-electron chi connectivity index (χ4n) is 4.20. The van der Waals surface area contributed by atoms with Gasteiger partial charge in [-0.2, -0.15) is 4.98 Å². The first-order valence-electron chi connectivity index (χ1n) is 12.8. The fraction of sp³-hybridized carbons (Fsp3) is 0.345. The first-order chi connectivity index (χ1) is 18.5. The van der Waals surface area contributed by atoms with Gasteiger partial charge < -0.3 is 14.8 Å². The van der Waals surface area contributed by atoms with Crippen molar-refractivity contribution in [2.75, 3.05) is 18.5 Å². The number of hydrogen-bond acceptors (Lipinski definition) is 7. The minimum absolute atomic E-state index is 0.121. The highest BCUT2D eigenvalue weighted by Gasteiger charge is 2.35. The molecule has 0 spiro atoms. The maximum absolute atomic E-state index is 13.1. The summed E-state index contributed by atoms with van der Waals surface area (Å²) >= 11 is 7.81. The molecule has 200 valence electrons. The van der Waals surface area contributed by atoms with Crippen molar-refractivity contribution < 1.29 is 14.3 Å². The van der Waals surface area contributed by atoms with Crippen LogP contribution in [0.3, 0.4) is 0 Å². The van der Waals surface area contributed by atoms with E-state index in [9.17, 15) is 4.79 Å². The third kappa shape index (κ3) is 6.79. The number of ether oxygens (including phenoxy) is 2. The number of thioether (sulfide) groups is 1. The Morgan fingerprint density at radius 3 is 2.71 bits per heavy atom. The molecule has 2 aromatic carbocycles. The van der Waals surface area contributed by atoms with E-state index in [0.717, 1.165) is 29.7 Å². The van der Waals surface area contributed by atoms with Crippen LogP contribution in [-0.2, 0) is 15.3 Å². The van der Waals surface area contributed by atoms with E-state index >= 15 is 0 Å². The van der Waals surface area contributed by atoms with Gasteiger partial charge in [0.05, 0.1) is 12.2 Å². The van der Waals surface area contributed by atoms with Crippen LogP contribution < -0.4 is 10.1 Å². The molecule has 0 radical (unpaired) electrons. The molecule has 1 aliphatic rings. The number of unbranched alkanes of at least 4 members (excludes halogenated alkanes) is 3. The van der Waals surface area contributed by atoms with Crippen LogP contribution in [-0.4, -0.2) is 33.9 Å². The van der Waals surface area contributed by atoms with Gasteiger partial charge in [-0.25, -0.2) is 9.48 Å². The van der Waals surface area contributed by atoms with Crippen molar-refractivity contribution in [3.8, 4) is 5.75 Å². The van der Waals surface area contributed by atoms with Crippen molar-refractivity contribution in [1.82, 2.24) is 14.8 Å². The van der Waals surface area contributed by atoms with Crippen molar-refractivity contribution in [2.24, 2.45) is 0 Å². The molecule has 1 aliphatic heterocycles. The number of anilines is 1. The Kier molecular flexibility index (Phi) is 9.90. The summed E-state index contributed by atoms with van der Waals surface area (Å²) < 4.78 is 13.1. The monoisotopic (exact) mass is 552 g/mol. The Morgan fingerprint density at radius 1 is 1.18 bits per heavy atom. The number of halogens is 1. The standard InChI is InChI=1S/C29H33ClN4O3S/c1-4-6-7-10-18-36-23-15-13-21(14-16-23)26-25(27(35)37-17-5-2)20(3)31-28-32-29(33-34(26)28)38-19-22-11-8-9-12-24(22)30/h5,8-9,11-16,26H,2,4,6-7,10,17-19H2,1,3H3,(H,31,32,33). The lowest BCUT2D eigenvalue weighted by molar-refractivity contribution is -0.138. The molecule has 1 N–H and O–H groups in total. The number of aromatic nitrogens is 3. The van der Waals surface area contributed by atoms with Crippen LogP contribution in [0.15, 0.2) is 77.6 Å². The number of nitrogens with one attached hydrogen (secondary N) is 1. The molecule has 0 saturated carbocycles. The van der Waals surface area contributed by atoms with E-state index in [1.165, 1.54) is 24.6 Å². The number of rotatable bonds is 13. The van der Waals surface area contributed by atoms with E-state index in [1.54, 1.807) is 10.8 Å². The highest BCUT2D eigenvalue weighted by atomic mass is 35.5. The maximum Gasteiger partial charge on any atom is 0.338 e. The van der Waals surface area contributed by atoms with E-state index in [2.05, 4.69) is 18.8 Å². The number of esters is 1. The van der Waals surface area contributed by atoms with Gasteiger partial charge in [0.15, 0.2) is 0 Å². The second kappa shape index (κ2) is 13.5. The predicted molar refractivity (Wildman–Crippen MR) is 153 cm³/mol. The Bertz CT molecular complexity index is 1290. The summed E-state index contributed by atoms with van der Waals surface area (Å²) in [5.41, 5.74) is 3.02. The molecule has 38 heavy (non-hydrogen) atoms. The lowest BCUT2D eigenvalue weighted by atomic mass is 9.96. The van der Waals surface area contributed by atoms with Gasteiger partial charge in [0.25, 0.3) is 0 Å². The van der Waals surface area contributed by atoms with E-state index < -0.39 is 12.0 Å². The van der Waals surface area contributed by atoms with E-state index in [0.29, 0.717) is 39.8 Å². The summed E-state index contributed by atoms with van der Waals surface area (Å²) in [6.45, 7) is 8.50. The predicted octanol–water partition coefficient (Wildman–Crippen LogP) is 7.20. The second-order valence-electron chi connectivity index (χ2n) is 8.97. The summed E-state index contributed by atoms with van der Waals surface area (Å²) in [6, 6.07) is 15.0. The first-order valence-corrected chi connectivity index (χ1v) is 14.2. The number of carbonyl (C=O) groups excluding carboxylic acids is 1. The van der Waals surface area contributed by atoms with Crippen molar-refractivity contribution in [1.29, 1.82) is 0 Å². The summed E-state index contributed by atoms with van der Waals surface area (Å²) in [6.07, 6.45) is 6.15. The van der Waals surface area contributed by atoms with Gasteiger partial charge >= 0.3 is 5.97 Å². The van der Waals surface area contributed by atoms with E-state index in [1.807, 2.05) is 55.5 Å². The van der Waals surface area contributed by atoms with Gasteiger partial charge in [-0.1, -0.05) is 92.5 Å². The molecule has 0 fully saturated rings. The fourth-order valence-corrected chi connectivity index (χ4v) is 5.32. The lowest BCUT2D eigenvalue weighted by Crippen LogP contribution is -2.29. The Hall–Kier alpha value is -3.23. The molecule has 9 heteroatoms. The van der Waals surface area contributed by atoms with Gasteiger partial charge in [-0.05, 0) is 42.7 Å². The number of allylic oxidation sites excluding steroid dienone is 1. The van der Waals surface area contributed by atoms with Crippen LogP contribution in [0.4, 0.5) is 5.95 Å². The molecule has 3 aromatic rings. The molecule has 1 unspecified atom stereocenters. The summed E-state index contributed by atoms with van der Waals surface area (Å²) in [7, 11) is 0. The third-order valence-electron chi connectivity index (χ3n) is 6.16. The van der Waals surface area contributed by atoms with Gasteiger partial charge in [0, 0.05) is 16.5 Å². The molecule has 0 amide bonds. The summed E-state index contributed by atoms with van der Waals surface area (Å²) in [4.78, 5) is 17.8. The SMILES string of the molecule is C=CCOC(=O)C1=C(C)Nc2nc(SCc3ccccc3Cl)nn2C1c1ccc(OCCCCCC)cc1. The highest BCUT2D eigenvalue weighted by Crippen LogP contribution is 2.37. The van der Waals surface area contributed by atoms with E-state index in [-0.39, 0.29) is 6.61 Å². The summed E-state index contributed by atoms with van der Waals surface area (Å²) in [5, 5.41) is 9.29. The topological polar surface area (TPSA) is 78.3 Å². The quantitative estimate of drug-likeness (QED) is 0.104. The molecule has 0 saturated heterocycles. The zero-order valence-electron chi connectivity index (χ0n) is 21.8. The molecule has 1 aromatic heterocycles. The van der Waals surface area contributed by atoms with Gasteiger partial charge in [0.1, 0.15) is 18.4 Å². The first kappa shape index (κ1) is 27.8. The maximum atomic E-state index is 13.1. The van der Waals surface area contributed by atoms with Crippen molar-refractivity contribution in [3.63, 3.8) is 0 Å². The second-order valence-corrected chi connectivity index (χ2v) is 10.3. The normalized spacial score (nSPS) is 14.6. The van der Waals surface area contributed by atoms with Crippen molar-refractivity contribution in [2.45, 2.75) is 56.5 Å². The Labute approximate surface area is 233 Å². The molecular formula is C29H33ClN4O3S. The molecule has 1 atom stereocenters. The Morgan fingerprint density at radius 2 is 1.97 bits per heavy atom. The zero-order chi connectivity index (χ0) is 26.9. The summed E-state index contributed by atoms with van der Waals surface area (Å²) in [5.74, 6) is 1.55. The van der Waals surface area contributed by atoms with Gasteiger partial charge in [-0.3, -0.25) is 0 Å². The number of hydrogen-bond donors (Lipinski definition) is 1. The number of fused-ring (bicyclic) bond motifs is 1. The van der Waals surface area contributed by atoms with Crippen molar-refractivity contribution in [3.05, 3.63) is 88.6 Å². The van der Waals surface area contributed by atoms with Gasteiger partial charge in [-0.15, -0.1) is 5.10 Å². The number of nitrogens with zero attached hydrogens (tertiary/aromatic N) is 3. The number of carbonyl (C=O) groups is 1. The number of benzene rings is 2. The van der Waals surface area contributed by atoms with Crippen molar-refractivity contribution >= 4 is 35.3 Å². The third-order valence-corrected chi connectivity index (χ3v) is 7.42. The molecule has 7 nitrogen and oxygen atoms in total. The molecular weight excluding hydrogens is 520 g/mol. The van der Waals surface area contributed by atoms with Crippen LogP contribution in [0, 0.1) is 0 Å². The average molecular weight is 553 g/mol. The average Bonchev–Trinajstić information content (AvgIpc) is 3.33. The van der Waals surface area contributed by atoms with Crippen LogP contribution in [0.5, 0.6) is 5.75 Å². The van der Waals surface area contributed by atoms with Gasteiger partial charge in [0.2, 0.25) is 11.1 Å². The van der Waals surface area contributed by atoms with Crippen LogP contribution in [0.2, 0.25) is 5.02 Å². The molecule has 4 rings (SSSR count). The van der Waals surface area contributed by atoms with E-state index in [4.69, 9.17) is 31.2 Å². The minimum atomic E-state index is -0.510. The lowest BCUT2D eigenvalue weighted by Gasteiger charge is -2.28. The van der Waals surface area contributed by atoms with Crippen LogP contribution in [0.1, 0.15) is 56.7 Å². The molecule has 2 heterocycles. The zero-order valence-corrected chi connectivity index (χ0v) is 23.4. The largest absolute Gasteiger partial charge is 0.494 e. The molecule has 0 aliphatic carbocycles. The minimum Gasteiger partial charge on any atom is -0.494 e. The Balaban J connectivity index is 1.59. The smallest absolute Gasteiger partial charge is 0.338 e. The highest BCUT2D eigenvalue weighted by molar-refractivity contribution is 7.98. The van der Waals surface area contributed by atoms with Crippen LogP contribution >= 0.6 is 23.4 Å².